The molecule has 0 bridgehead atoms. The monoisotopic (exact) mass is 390 g/mol. The van der Waals surface area contributed by atoms with Crippen LogP contribution in [0.2, 0.25) is 0 Å². The van der Waals surface area contributed by atoms with Crippen LogP contribution >= 0.6 is 0 Å². The molecule has 2 nitrogen and oxygen atoms in total. The fourth-order valence-electron chi connectivity index (χ4n) is 3.28. The van der Waals surface area contributed by atoms with E-state index in [2.05, 4.69) is 6.92 Å². The molecule has 3 rings (SSSR count). The van der Waals surface area contributed by atoms with Gasteiger partial charge in [0.1, 0.15) is 0 Å². The molecule has 0 aromatic heterocycles. The van der Waals surface area contributed by atoms with Crippen molar-refractivity contribution < 1.29 is 9.00 Å². The molecule has 0 aliphatic heterocycles. The van der Waals surface area contributed by atoms with Crippen LogP contribution in [0.5, 0.6) is 0 Å². The van der Waals surface area contributed by atoms with Crippen LogP contribution in [0.15, 0.2) is 88.2 Å². The Kier molecular flexibility index (Phi) is 6.94. The van der Waals surface area contributed by atoms with Gasteiger partial charge in [0.2, 0.25) is 0 Å². The Morgan fingerprint density at radius 1 is 1.04 bits per heavy atom. The van der Waals surface area contributed by atoms with Crippen molar-refractivity contribution in [2.45, 2.75) is 38.0 Å². The summed E-state index contributed by atoms with van der Waals surface area (Å²) in [6.07, 6.45) is 10.8. The minimum absolute atomic E-state index is 0.0391. The molecule has 0 amide bonds. The molecule has 2 aromatic carbocycles. The van der Waals surface area contributed by atoms with Gasteiger partial charge in [0.25, 0.3) is 0 Å². The summed E-state index contributed by atoms with van der Waals surface area (Å²) in [4.78, 5) is 14.1. The number of rotatable bonds is 7. The molecule has 1 aliphatic carbocycles. The fraction of sp³-hybridized carbons (Fsp3) is 0.240. The van der Waals surface area contributed by atoms with Gasteiger partial charge in [-0.05, 0) is 31.0 Å². The molecule has 0 saturated carbocycles. The van der Waals surface area contributed by atoms with Crippen molar-refractivity contribution in [1.82, 2.24) is 0 Å². The third-order valence-corrected chi connectivity index (χ3v) is 6.33. The predicted molar refractivity (Wildman–Crippen MR) is 117 cm³/mol. The summed E-state index contributed by atoms with van der Waals surface area (Å²) in [6.45, 7) is 4.14. The first-order valence-corrected chi connectivity index (χ1v) is 10.9. The molecule has 1 aliphatic rings. The molecule has 144 valence electrons. The SMILES string of the molecule is CCCCC1C=C(S(=O)c2ccc(C)cc2)C(=O)C1=CC=Cc1ccccc1. The number of hydrogen-bond donors (Lipinski definition) is 0. The van der Waals surface area contributed by atoms with Crippen LogP contribution in [0.3, 0.4) is 0 Å². The number of hydrogen-bond acceptors (Lipinski definition) is 2. The number of ketones is 1. The quantitative estimate of drug-likeness (QED) is 0.542. The van der Waals surface area contributed by atoms with Gasteiger partial charge >= 0.3 is 0 Å². The van der Waals surface area contributed by atoms with Crippen LogP contribution in [0.1, 0.15) is 37.3 Å². The van der Waals surface area contributed by atoms with E-state index in [-0.39, 0.29) is 11.7 Å². The predicted octanol–water partition coefficient (Wildman–Crippen LogP) is 6.02. The highest BCUT2D eigenvalue weighted by atomic mass is 32.2. The third kappa shape index (κ3) is 4.85. The van der Waals surface area contributed by atoms with Crippen LogP contribution in [0, 0.1) is 12.8 Å². The lowest BCUT2D eigenvalue weighted by atomic mass is 9.95. The second kappa shape index (κ2) is 9.61. The third-order valence-electron chi connectivity index (χ3n) is 4.91. The van der Waals surface area contributed by atoms with Crippen LogP contribution in [-0.4, -0.2) is 9.99 Å². The Morgan fingerprint density at radius 2 is 1.75 bits per heavy atom. The Labute approximate surface area is 170 Å². The highest BCUT2D eigenvalue weighted by Gasteiger charge is 2.32. The van der Waals surface area contributed by atoms with Crippen molar-refractivity contribution in [3.63, 3.8) is 0 Å². The Balaban J connectivity index is 1.85. The average Bonchev–Trinajstić information content (AvgIpc) is 3.03. The Morgan fingerprint density at radius 3 is 2.43 bits per heavy atom. The summed E-state index contributed by atoms with van der Waals surface area (Å²) in [6, 6.07) is 17.6. The molecule has 0 radical (unpaired) electrons. The molecular formula is C25H26O2S. The molecule has 0 saturated heterocycles. The second-order valence-electron chi connectivity index (χ2n) is 7.08. The summed E-state index contributed by atoms with van der Waals surface area (Å²) < 4.78 is 13.0. The smallest absolute Gasteiger partial charge is 0.198 e. The summed E-state index contributed by atoms with van der Waals surface area (Å²) in [5, 5.41) is 0. The number of carbonyl (C=O) groups is 1. The maximum atomic E-state index is 13.0. The van der Waals surface area contributed by atoms with Gasteiger partial charge in [-0.15, -0.1) is 0 Å². The van der Waals surface area contributed by atoms with E-state index in [1.54, 1.807) is 0 Å². The van der Waals surface area contributed by atoms with Gasteiger partial charge < -0.3 is 0 Å². The van der Waals surface area contributed by atoms with E-state index < -0.39 is 10.8 Å². The van der Waals surface area contributed by atoms with E-state index in [1.807, 2.05) is 85.8 Å². The summed E-state index contributed by atoms with van der Waals surface area (Å²) >= 11 is 0. The van der Waals surface area contributed by atoms with Gasteiger partial charge in [0, 0.05) is 16.4 Å². The van der Waals surface area contributed by atoms with Crippen molar-refractivity contribution in [3.8, 4) is 0 Å². The normalized spacial score (nSPS) is 19.4. The Bertz CT molecular complexity index is 934. The lowest BCUT2D eigenvalue weighted by Crippen LogP contribution is -2.08. The van der Waals surface area contributed by atoms with Crippen molar-refractivity contribution in [2.24, 2.45) is 5.92 Å². The van der Waals surface area contributed by atoms with Crippen molar-refractivity contribution in [2.75, 3.05) is 0 Å². The van der Waals surface area contributed by atoms with Gasteiger partial charge in [-0.2, -0.15) is 0 Å². The van der Waals surface area contributed by atoms with Gasteiger partial charge in [-0.3, -0.25) is 4.79 Å². The number of unbranched alkanes of at least 4 members (excludes halogenated alkanes) is 1. The highest BCUT2D eigenvalue weighted by molar-refractivity contribution is 7.90. The molecule has 2 aromatic rings. The molecule has 3 heteroatoms. The van der Waals surface area contributed by atoms with Crippen LogP contribution in [0.4, 0.5) is 0 Å². The zero-order chi connectivity index (χ0) is 19.9. The summed E-state index contributed by atoms with van der Waals surface area (Å²) in [7, 11) is -1.44. The fourth-order valence-corrected chi connectivity index (χ4v) is 4.49. The van der Waals surface area contributed by atoms with Crippen molar-refractivity contribution >= 4 is 22.7 Å². The number of Topliss-reactive ketones (excluding diaryl/α,β-unsaturated/α-hetero) is 1. The van der Waals surface area contributed by atoms with E-state index in [9.17, 15) is 9.00 Å². The molecular weight excluding hydrogens is 364 g/mol. The van der Waals surface area contributed by atoms with E-state index >= 15 is 0 Å². The Hall–Kier alpha value is -2.52. The summed E-state index contributed by atoms with van der Waals surface area (Å²) in [5.41, 5.74) is 2.95. The maximum absolute atomic E-state index is 13.0. The first kappa shape index (κ1) is 20.2. The number of aryl methyl sites for hydroxylation is 1. The largest absolute Gasteiger partial charge is 0.288 e. The van der Waals surface area contributed by atoms with E-state index in [0.29, 0.717) is 9.80 Å². The lowest BCUT2D eigenvalue weighted by molar-refractivity contribution is -0.111. The van der Waals surface area contributed by atoms with Crippen LogP contribution in [-0.2, 0) is 15.6 Å². The number of allylic oxidation sites excluding steroid dienone is 5. The van der Waals surface area contributed by atoms with E-state index in [4.69, 9.17) is 0 Å². The first-order valence-electron chi connectivity index (χ1n) is 9.78. The molecule has 0 fully saturated rings. The van der Waals surface area contributed by atoms with Crippen molar-refractivity contribution in [3.05, 3.63) is 94.4 Å². The molecule has 0 spiro atoms. The zero-order valence-electron chi connectivity index (χ0n) is 16.4. The molecule has 0 N–H and O–H groups in total. The molecule has 28 heavy (non-hydrogen) atoms. The molecule has 0 heterocycles. The van der Waals surface area contributed by atoms with Crippen LogP contribution < -0.4 is 0 Å². The maximum Gasteiger partial charge on any atom is 0.198 e. The second-order valence-corrected chi connectivity index (χ2v) is 8.53. The van der Waals surface area contributed by atoms with Crippen molar-refractivity contribution in [1.29, 1.82) is 0 Å². The van der Waals surface area contributed by atoms with Gasteiger partial charge in [-0.1, -0.05) is 92.1 Å². The minimum Gasteiger partial charge on any atom is -0.288 e. The first-order chi connectivity index (χ1) is 13.6. The minimum atomic E-state index is -1.44. The lowest BCUT2D eigenvalue weighted by Gasteiger charge is -2.08. The van der Waals surface area contributed by atoms with Gasteiger partial charge in [0.15, 0.2) is 5.78 Å². The topological polar surface area (TPSA) is 34.1 Å². The van der Waals surface area contributed by atoms with Crippen LogP contribution in [0.25, 0.3) is 6.08 Å². The standard InChI is InChI=1S/C25H26O2S/c1-3-4-12-21-18-24(28(27)22-16-14-19(2)15-17-22)25(26)23(21)13-8-11-20-9-6-5-7-10-20/h5-11,13-18,21H,3-4,12H2,1-2H3. The molecule has 2 unspecified atom stereocenters. The van der Waals surface area contributed by atoms with Gasteiger partial charge in [-0.25, -0.2) is 4.21 Å². The number of benzene rings is 2. The number of carbonyl (C=O) groups excluding carboxylic acids is 1. The highest BCUT2D eigenvalue weighted by Crippen LogP contribution is 2.34. The summed E-state index contributed by atoms with van der Waals surface area (Å²) in [5.74, 6) is -0.0463. The van der Waals surface area contributed by atoms with E-state index in [0.717, 1.165) is 36.0 Å². The zero-order valence-corrected chi connectivity index (χ0v) is 17.2. The average molecular weight is 391 g/mol. The van der Waals surface area contributed by atoms with E-state index in [1.165, 1.54) is 0 Å². The molecule has 2 atom stereocenters. The van der Waals surface area contributed by atoms with Gasteiger partial charge in [0.05, 0.1) is 15.7 Å².